The van der Waals surface area contributed by atoms with Crippen LogP contribution in [0.25, 0.3) is 0 Å². The van der Waals surface area contributed by atoms with Gasteiger partial charge in [0, 0.05) is 30.4 Å². The van der Waals surface area contributed by atoms with Gasteiger partial charge in [-0.3, -0.25) is 9.78 Å². The third-order valence-electron chi connectivity index (χ3n) is 5.00. The summed E-state index contributed by atoms with van der Waals surface area (Å²) in [5, 5.41) is 0.481. The minimum Gasteiger partial charge on any atom is -0.466 e. The normalized spacial score (nSPS) is 11.3. The molecule has 6 nitrogen and oxygen atoms in total. The fourth-order valence-corrected chi connectivity index (χ4v) is 4.63. The Hall–Kier alpha value is -2.74. The van der Waals surface area contributed by atoms with Crippen LogP contribution in [0, 0.1) is 0 Å². The number of hydrogen-bond acceptors (Lipinski definition) is 5. The number of carbonyl (C=O) groups excluding carboxylic acids is 1. The van der Waals surface area contributed by atoms with E-state index in [0.29, 0.717) is 37.3 Å². The lowest BCUT2D eigenvalue weighted by Crippen LogP contribution is -2.26. The molecule has 0 saturated heterocycles. The Balaban J connectivity index is 1.71. The molecule has 1 aromatic heterocycles. The molecule has 0 aliphatic rings. The SMILES string of the molecule is CCOC(=O)CCc1cc(CCNS(=O)(=O)c2ccc(Cl)cc2)cc(Cc2cccnc2)c1. The number of benzene rings is 2. The van der Waals surface area contributed by atoms with E-state index >= 15 is 0 Å². The number of ether oxygens (including phenoxy) is 1. The van der Waals surface area contributed by atoms with Crippen molar-refractivity contribution in [3.05, 3.63) is 94.3 Å². The molecule has 3 rings (SSSR count). The molecule has 0 radical (unpaired) electrons. The van der Waals surface area contributed by atoms with E-state index in [2.05, 4.69) is 21.8 Å². The third-order valence-corrected chi connectivity index (χ3v) is 6.73. The zero-order valence-electron chi connectivity index (χ0n) is 18.5. The van der Waals surface area contributed by atoms with E-state index in [0.717, 1.165) is 22.3 Å². The maximum Gasteiger partial charge on any atom is 0.306 e. The molecular weight excluding hydrogens is 460 g/mol. The molecule has 1 heterocycles. The minimum atomic E-state index is -3.62. The molecule has 0 atom stereocenters. The minimum absolute atomic E-state index is 0.173. The average molecular weight is 487 g/mol. The van der Waals surface area contributed by atoms with Crippen molar-refractivity contribution in [3.8, 4) is 0 Å². The van der Waals surface area contributed by atoms with Gasteiger partial charge in [-0.25, -0.2) is 13.1 Å². The predicted molar refractivity (Wildman–Crippen MR) is 129 cm³/mol. The van der Waals surface area contributed by atoms with Crippen LogP contribution in [0.2, 0.25) is 5.02 Å². The number of carbonyl (C=O) groups is 1. The Morgan fingerprint density at radius 1 is 1.00 bits per heavy atom. The summed E-state index contributed by atoms with van der Waals surface area (Å²) in [6.45, 7) is 2.40. The lowest BCUT2D eigenvalue weighted by molar-refractivity contribution is -0.143. The van der Waals surface area contributed by atoms with Gasteiger partial charge in [-0.15, -0.1) is 0 Å². The lowest BCUT2D eigenvalue weighted by atomic mass is 9.97. The Bertz CT molecular complexity index is 1170. The van der Waals surface area contributed by atoms with Crippen molar-refractivity contribution in [2.45, 2.75) is 37.5 Å². The van der Waals surface area contributed by atoms with Crippen molar-refractivity contribution in [1.29, 1.82) is 0 Å². The number of rotatable bonds is 11. The number of pyridine rings is 1. The zero-order chi connectivity index (χ0) is 23.7. The van der Waals surface area contributed by atoms with Gasteiger partial charge in [-0.2, -0.15) is 0 Å². The number of nitrogens with zero attached hydrogens (tertiary/aromatic N) is 1. The van der Waals surface area contributed by atoms with Crippen LogP contribution in [0.5, 0.6) is 0 Å². The number of aromatic nitrogens is 1. The molecule has 174 valence electrons. The van der Waals surface area contributed by atoms with Gasteiger partial charge in [0.2, 0.25) is 10.0 Å². The summed E-state index contributed by atoms with van der Waals surface area (Å²) in [5.74, 6) is -0.229. The summed E-state index contributed by atoms with van der Waals surface area (Å²) in [5.41, 5.74) is 4.17. The number of halogens is 1. The highest BCUT2D eigenvalue weighted by Gasteiger charge is 2.13. The van der Waals surface area contributed by atoms with E-state index in [1.807, 2.05) is 24.4 Å². The van der Waals surface area contributed by atoms with Gasteiger partial charge in [0.05, 0.1) is 11.5 Å². The Morgan fingerprint density at radius 2 is 1.70 bits per heavy atom. The first kappa shape index (κ1) is 24.9. The van der Waals surface area contributed by atoms with Crippen LogP contribution < -0.4 is 4.72 Å². The van der Waals surface area contributed by atoms with Gasteiger partial charge in [0.25, 0.3) is 0 Å². The average Bonchev–Trinajstić information content (AvgIpc) is 2.79. The first-order chi connectivity index (χ1) is 15.9. The molecule has 0 aliphatic carbocycles. The maximum absolute atomic E-state index is 12.5. The zero-order valence-corrected chi connectivity index (χ0v) is 20.0. The molecule has 0 fully saturated rings. The highest BCUT2D eigenvalue weighted by atomic mass is 35.5. The second-order valence-corrected chi connectivity index (χ2v) is 9.81. The summed E-state index contributed by atoms with van der Waals surface area (Å²) in [6.07, 6.45) is 5.63. The van der Waals surface area contributed by atoms with Crippen LogP contribution in [0.1, 0.15) is 35.6 Å². The predicted octanol–water partition coefficient (Wildman–Crippen LogP) is 4.34. The molecule has 0 spiro atoms. The van der Waals surface area contributed by atoms with Crippen molar-refractivity contribution >= 4 is 27.6 Å². The van der Waals surface area contributed by atoms with E-state index in [1.165, 1.54) is 12.1 Å². The highest BCUT2D eigenvalue weighted by molar-refractivity contribution is 7.89. The Kier molecular flexibility index (Phi) is 9.00. The van der Waals surface area contributed by atoms with Gasteiger partial charge in [-0.05, 0) is 78.8 Å². The first-order valence-corrected chi connectivity index (χ1v) is 12.6. The van der Waals surface area contributed by atoms with Crippen LogP contribution in [0.3, 0.4) is 0 Å². The van der Waals surface area contributed by atoms with Crippen molar-refractivity contribution in [3.63, 3.8) is 0 Å². The summed E-state index contributed by atoms with van der Waals surface area (Å²) < 4.78 is 32.8. The molecule has 8 heteroatoms. The summed E-state index contributed by atoms with van der Waals surface area (Å²) >= 11 is 5.85. The monoisotopic (exact) mass is 486 g/mol. The summed E-state index contributed by atoms with van der Waals surface area (Å²) in [6, 6.07) is 16.1. The quantitative estimate of drug-likeness (QED) is 0.407. The molecule has 1 N–H and O–H groups in total. The van der Waals surface area contributed by atoms with Crippen LogP contribution in [-0.2, 0) is 38.8 Å². The van der Waals surface area contributed by atoms with E-state index in [1.54, 1.807) is 25.3 Å². The number of hydrogen-bond donors (Lipinski definition) is 1. The summed E-state index contributed by atoms with van der Waals surface area (Å²) in [4.78, 5) is 16.1. The van der Waals surface area contributed by atoms with Gasteiger partial charge in [-0.1, -0.05) is 35.9 Å². The Labute approximate surface area is 200 Å². The molecule has 0 amide bonds. The van der Waals surface area contributed by atoms with Crippen molar-refractivity contribution in [2.75, 3.05) is 13.2 Å². The van der Waals surface area contributed by atoms with Crippen LogP contribution in [0.4, 0.5) is 0 Å². The van der Waals surface area contributed by atoms with E-state index in [4.69, 9.17) is 16.3 Å². The smallest absolute Gasteiger partial charge is 0.306 e. The van der Waals surface area contributed by atoms with Gasteiger partial charge in [0.15, 0.2) is 0 Å². The highest BCUT2D eigenvalue weighted by Crippen LogP contribution is 2.18. The maximum atomic E-state index is 12.5. The number of aryl methyl sites for hydroxylation is 1. The van der Waals surface area contributed by atoms with E-state index in [9.17, 15) is 13.2 Å². The fourth-order valence-electron chi connectivity index (χ4n) is 3.47. The molecule has 2 aromatic carbocycles. The van der Waals surface area contributed by atoms with Crippen LogP contribution >= 0.6 is 11.6 Å². The Morgan fingerprint density at radius 3 is 2.36 bits per heavy atom. The van der Waals surface area contributed by atoms with Gasteiger partial charge < -0.3 is 4.74 Å². The molecule has 3 aromatic rings. The van der Waals surface area contributed by atoms with E-state index < -0.39 is 10.0 Å². The number of esters is 1. The largest absolute Gasteiger partial charge is 0.466 e. The molecule has 33 heavy (non-hydrogen) atoms. The van der Waals surface area contributed by atoms with E-state index in [-0.39, 0.29) is 17.4 Å². The van der Waals surface area contributed by atoms with Crippen LogP contribution in [0.15, 0.2) is 71.9 Å². The third kappa shape index (κ3) is 7.96. The summed E-state index contributed by atoms with van der Waals surface area (Å²) in [7, 11) is -3.62. The van der Waals surface area contributed by atoms with Crippen molar-refractivity contribution in [2.24, 2.45) is 0 Å². The fraction of sp³-hybridized carbons (Fsp3) is 0.280. The second-order valence-electron chi connectivity index (χ2n) is 7.60. The van der Waals surface area contributed by atoms with Crippen molar-refractivity contribution < 1.29 is 17.9 Å². The first-order valence-electron chi connectivity index (χ1n) is 10.8. The molecule has 0 saturated carbocycles. The second kappa shape index (κ2) is 11.9. The standard InChI is InChI=1S/C25H27ClN2O4S/c1-2-32-25(29)10-5-19-14-20(16-22(15-19)17-21-4-3-12-27-18-21)11-13-28-33(30,31)24-8-6-23(26)7-9-24/h3-4,6-9,12,14-16,18,28H,2,5,10-11,13,17H2,1H3. The molecule has 0 unspecified atom stereocenters. The lowest BCUT2D eigenvalue weighted by Gasteiger charge is -2.11. The van der Waals surface area contributed by atoms with Crippen molar-refractivity contribution in [1.82, 2.24) is 9.71 Å². The van der Waals surface area contributed by atoms with Crippen LogP contribution in [-0.4, -0.2) is 32.5 Å². The number of nitrogens with one attached hydrogen (secondary N) is 1. The molecule has 0 bridgehead atoms. The van der Waals surface area contributed by atoms with Gasteiger partial charge >= 0.3 is 5.97 Å². The van der Waals surface area contributed by atoms with Gasteiger partial charge in [0.1, 0.15) is 0 Å². The molecule has 0 aliphatic heterocycles. The number of sulfonamides is 1. The topological polar surface area (TPSA) is 85.4 Å². The molecular formula is C25H27ClN2O4S.